The molecule has 0 fully saturated rings. The van der Waals surface area contributed by atoms with E-state index in [1.165, 1.54) is 27.8 Å². The molecule has 153 valence electrons. The second kappa shape index (κ2) is 9.49. The van der Waals surface area contributed by atoms with Crippen LogP contribution in [0.4, 0.5) is 0 Å². The Morgan fingerprint density at radius 3 is 2.14 bits per heavy atom. The van der Waals surface area contributed by atoms with Gasteiger partial charge < -0.3 is 9.47 Å². The topological polar surface area (TPSA) is 18.5 Å². The van der Waals surface area contributed by atoms with E-state index in [4.69, 9.17) is 9.47 Å². The third-order valence-electron chi connectivity index (χ3n) is 5.15. The van der Waals surface area contributed by atoms with Crippen molar-refractivity contribution < 1.29 is 9.47 Å². The van der Waals surface area contributed by atoms with E-state index in [0.29, 0.717) is 6.61 Å². The maximum Gasteiger partial charge on any atom is 0.126 e. The first-order valence-electron chi connectivity index (χ1n) is 10.4. The van der Waals surface area contributed by atoms with E-state index in [1.54, 1.807) is 0 Å². The van der Waals surface area contributed by atoms with Crippen molar-refractivity contribution in [2.75, 3.05) is 6.61 Å². The minimum Gasteiger partial charge on any atom is -0.493 e. The minimum atomic E-state index is 0.0523. The quantitative estimate of drug-likeness (QED) is 0.456. The Hall–Kier alpha value is -1.96. The molecule has 28 heavy (non-hydrogen) atoms. The third-order valence-corrected chi connectivity index (χ3v) is 5.15. The first-order valence-corrected chi connectivity index (χ1v) is 10.4. The highest BCUT2D eigenvalue weighted by Crippen LogP contribution is 2.35. The van der Waals surface area contributed by atoms with Crippen molar-refractivity contribution >= 4 is 0 Å². The lowest BCUT2D eigenvalue weighted by molar-refractivity contribution is 0.174. The lowest BCUT2D eigenvalue weighted by Crippen LogP contribution is -2.21. The van der Waals surface area contributed by atoms with Crippen LogP contribution in [0.1, 0.15) is 67.9 Å². The van der Waals surface area contributed by atoms with E-state index in [9.17, 15) is 0 Å². The van der Waals surface area contributed by atoms with Gasteiger partial charge in [0.2, 0.25) is 0 Å². The van der Waals surface area contributed by atoms with E-state index in [0.717, 1.165) is 30.8 Å². The van der Waals surface area contributed by atoms with Crippen LogP contribution in [0.25, 0.3) is 0 Å². The molecule has 0 saturated carbocycles. The molecule has 1 unspecified atom stereocenters. The average molecular weight is 382 g/mol. The molecule has 2 nitrogen and oxygen atoms in total. The minimum absolute atomic E-state index is 0.0523. The predicted molar refractivity (Wildman–Crippen MR) is 120 cm³/mol. The predicted octanol–water partition coefficient (Wildman–Crippen LogP) is 7.05. The Labute approximate surface area is 172 Å². The molecule has 0 aliphatic carbocycles. The molecule has 0 aliphatic rings. The van der Waals surface area contributed by atoms with Gasteiger partial charge in [-0.2, -0.15) is 0 Å². The molecule has 0 aromatic heterocycles. The highest BCUT2D eigenvalue weighted by atomic mass is 16.5. The van der Waals surface area contributed by atoms with Gasteiger partial charge in [0.05, 0.1) is 12.7 Å². The maximum absolute atomic E-state index is 6.45. The van der Waals surface area contributed by atoms with Gasteiger partial charge in [-0.3, -0.25) is 0 Å². The summed E-state index contributed by atoms with van der Waals surface area (Å²) in [6.45, 7) is 20.0. The smallest absolute Gasteiger partial charge is 0.126 e. The Balaban J connectivity index is 1.98. The highest BCUT2D eigenvalue weighted by Gasteiger charge is 2.22. The fourth-order valence-corrected chi connectivity index (χ4v) is 3.71. The van der Waals surface area contributed by atoms with Gasteiger partial charge in [0, 0.05) is 0 Å². The van der Waals surface area contributed by atoms with Crippen LogP contribution in [0, 0.1) is 34.6 Å². The summed E-state index contributed by atoms with van der Waals surface area (Å²) in [6.07, 6.45) is 2.74. The first-order chi connectivity index (χ1) is 13.1. The van der Waals surface area contributed by atoms with Crippen LogP contribution >= 0.6 is 0 Å². The zero-order valence-corrected chi connectivity index (χ0v) is 18.8. The molecule has 1 radical (unpaired) electrons. The van der Waals surface area contributed by atoms with E-state index < -0.39 is 0 Å². The number of ether oxygens (including phenoxy) is 2. The summed E-state index contributed by atoms with van der Waals surface area (Å²) in [5.41, 5.74) is 6.19. The fraction of sp³-hybridized carbons (Fsp3) is 0.500. The van der Waals surface area contributed by atoms with Crippen molar-refractivity contribution in [1.29, 1.82) is 0 Å². The second-order valence-electron chi connectivity index (χ2n) is 8.95. The number of rotatable bonds is 8. The van der Waals surface area contributed by atoms with Crippen LogP contribution in [-0.4, -0.2) is 12.7 Å². The van der Waals surface area contributed by atoms with Crippen molar-refractivity contribution in [3.63, 3.8) is 0 Å². The molecule has 0 saturated heterocycles. The van der Waals surface area contributed by atoms with Crippen molar-refractivity contribution in [1.82, 2.24) is 0 Å². The van der Waals surface area contributed by atoms with Crippen LogP contribution in [-0.2, 0) is 5.41 Å². The summed E-state index contributed by atoms with van der Waals surface area (Å²) in [5, 5.41) is 0. The van der Waals surface area contributed by atoms with E-state index in [1.807, 2.05) is 0 Å². The van der Waals surface area contributed by atoms with Gasteiger partial charge in [0.25, 0.3) is 0 Å². The van der Waals surface area contributed by atoms with Crippen molar-refractivity contribution in [3.8, 4) is 11.5 Å². The zero-order valence-electron chi connectivity index (χ0n) is 18.8. The lowest BCUT2D eigenvalue weighted by Gasteiger charge is -2.27. The third kappa shape index (κ3) is 5.77. The SMILES string of the molecule is [CH2]CC(CCCOc1c(C)cc(C)cc1C)Oc1c(C)cccc1C(C)(C)C. The standard InChI is InChI=1S/C26H37O2/c1-9-22(28-25-19(3)12-10-14-23(25)26(6,7)8)13-11-15-27-24-20(4)16-18(2)17-21(24)5/h10,12,14,16-17,22H,1,9,11,13,15H2,2-8H3. The Morgan fingerprint density at radius 2 is 1.57 bits per heavy atom. The number of para-hydroxylation sites is 1. The molecule has 1 atom stereocenters. The lowest BCUT2D eigenvalue weighted by atomic mass is 9.85. The summed E-state index contributed by atoms with van der Waals surface area (Å²) in [6, 6.07) is 10.8. The van der Waals surface area contributed by atoms with Gasteiger partial charge in [-0.05, 0) is 81.5 Å². The molecule has 0 bridgehead atoms. The number of benzene rings is 2. The van der Waals surface area contributed by atoms with E-state index in [2.05, 4.69) is 85.7 Å². The van der Waals surface area contributed by atoms with Gasteiger partial charge in [0.15, 0.2) is 0 Å². The molecule has 2 aromatic rings. The molecule has 0 amide bonds. The van der Waals surface area contributed by atoms with E-state index >= 15 is 0 Å². The molecule has 0 heterocycles. The largest absolute Gasteiger partial charge is 0.493 e. The number of hydrogen-bond donors (Lipinski definition) is 0. The van der Waals surface area contributed by atoms with Gasteiger partial charge in [-0.25, -0.2) is 0 Å². The van der Waals surface area contributed by atoms with Crippen LogP contribution in [0.5, 0.6) is 11.5 Å². The summed E-state index contributed by atoms with van der Waals surface area (Å²) in [5.74, 6) is 2.04. The van der Waals surface area contributed by atoms with E-state index in [-0.39, 0.29) is 11.5 Å². The van der Waals surface area contributed by atoms with Gasteiger partial charge in [-0.1, -0.05) is 56.7 Å². The van der Waals surface area contributed by atoms with Crippen LogP contribution in [0.15, 0.2) is 30.3 Å². The molecular formula is C26H37O2. The highest BCUT2D eigenvalue weighted by molar-refractivity contribution is 5.45. The molecule has 2 heteroatoms. The Kier molecular flexibility index (Phi) is 7.57. The molecule has 0 N–H and O–H groups in total. The second-order valence-corrected chi connectivity index (χ2v) is 8.95. The van der Waals surface area contributed by atoms with Gasteiger partial charge >= 0.3 is 0 Å². The Bertz CT molecular complexity index is 761. The normalized spacial score (nSPS) is 12.7. The van der Waals surface area contributed by atoms with Gasteiger partial charge in [-0.15, -0.1) is 0 Å². The van der Waals surface area contributed by atoms with Crippen molar-refractivity contribution in [3.05, 3.63) is 65.1 Å². The van der Waals surface area contributed by atoms with Crippen LogP contribution in [0.3, 0.4) is 0 Å². The summed E-state index contributed by atoms with van der Waals surface area (Å²) >= 11 is 0. The van der Waals surface area contributed by atoms with Crippen LogP contribution < -0.4 is 9.47 Å². The maximum atomic E-state index is 6.45. The van der Waals surface area contributed by atoms with Gasteiger partial charge in [0.1, 0.15) is 11.5 Å². The Morgan fingerprint density at radius 1 is 0.929 bits per heavy atom. The summed E-state index contributed by atoms with van der Waals surface area (Å²) in [7, 11) is 0. The number of aryl methyl sites for hydroxylation is 4. The molecular weight excluding hydrogens is 344 g/mol. The van der Waals surface area contributed by atoms with Crippen molar-refractivity contribution in [2.45, 2.75) is 79.2 Å². The molecule has 2 aromatic carbocycles. The van der Waals surface area contributed by atoms with Crippen LogP contribution in [0.2, 0.25) is 0 Å². The first kappa shape index (κ1) is 22.3. The molecule has 0 aliphatic heterocycles. The summed E-state index contributed by atoms with van der Waals surface area (Å²) in [4.78, 5) is 0. The molecule has 2 rings (SSSR count). The van der Waals surface area contributed by atoms with Crippen molar-refractivity contribution in [2.24, 2.45) is 0 Å². The zero-order chi connectivity index (χ0) is 20.9. The summed E-state index contributed by atoms with van der Waals surface area (Å²) < 4.78 is 12.5. The molecule has 0 spiro atoms. The average Bonchev–Trinajstić information content (AvgIpc) is 2.59. The fourth-order valence-electron chi connectivity index (χ4n) is 3.71. The monoisotopic (exact) mass is 381 g/mol. The number of hydrogen-bond acceptors (Lipinski definition) is 2.